The van der Waals surface area contributed by atoms with E-state index >= 15 is 0 Å². The van der Waals surface area contributed by atoms with Gasteiger partial charge < -0.3 is 14.9 Å². The van der Waals surface area contributed by atoms with E-state index in [0.29, 0.717) is 23.4 Å². The predicted octanol–water partition coefficient (Wildman–Crippen LogP) is 2.91. The number of hydrogen-bond donors (Lipinski definition) is 2. The Hall–Kier alpha value is -3.50. The number of phenols is 1. The third-order valence-corrected chi connectivity index (χ3v) is 5.46. The van der Waals surface area contributed by atoms with Crippen LogP contribution in [0.5, 0.6) is 5.75 Å². The van der Waals surface area contributed by atoms with Crippen molar-refractivity contribution in [2.75, 3.05) is 41.4 Å². The van der Waals surface area contributed by atoms with E-state index in [1.807, 2.05) is 0 Å². The zero-order valence-electron chi connectivity index (χ0n) is 17.3. The van der Waals surface area contributed by atoms with E-state index in [1.54, 1.807) is 6.07 Å². The second kappa shape index (κ2) is 9.54. The molecule has 11 nitrogen and oxygen atoms in total. The van der Waals surface area contributed by atoms with Crippen LogP contribution in [0.1, 0.15) is 44.1 Å². The molecule has 0 saturated carbocycles. The predicted molar refractivity (Wildman–Crippen MR) is 118 cm³/mol. The number of rotatable bonds is 6. The van der Waals surface area contributed by atoms with Gasteiger partial charge in [-0.1, -0.05) is 0 Å². The molecule has 0 atom stereocenters. The molecule has 1 aromatic heterocycles. The standard InChI is InChI=1S/C20H26N8O3/c29-17-8-7-15(13-16(17)28(30)31)14-21-25-18-22-19(26-9-3-1-4-10-26)24-20(23-18)27-11-5-2-6-12-27/h7-8,13-14,29H,1-6,9-12H2,(H,22,23,24,25)/b21-14-. The third kappa shape index (κ3) is 5.16. The van der Waals surface area contributed by atoms with E-state index in [9.17, 15) is 15.2 Å². The van der Waals surface area contributed by atoms with Gasteiger partial charge in [-0.3, -0.25) is 10.1 Å². The summed E-state index contributed by atoms with van der Waals surface area (Å²) < 4.78 is 0. The molecule has 2 aliphatic rings. The number of aromatic hydroxyl groups is 1. The van der Waals surface area contributed by atoms with Gasteiger partial charge in [0.2, 0.25) is 17.8 Å². The Kier molecular flexibility index (Phi) is 6.39. The maximum atomic E-state index is 11.0. The largest absolute Gasteiger partial charge is 0.502 e. The van der Waals surface area contributed by atoms with Crippen molar-refractivity contribution in [3.05, 3.63) is 33.9 Å². The van der Waals surface area contributed by atoms with E-state index < -0.39 is 4.92 Å². The molecular formula is C20H26N8O3. The molecule has 2 saturated heterocycles. The summed E-state index contributed by atoms with van der Waals surface area (Å²) in [6.07, 6.45) is 8.33. The Morgan fingerprint density at radius 2 is 1.55 bits per heavy atom. The molecule has 164 valence electrons. The average molecular weight is 426 g/mol. The van der Waals surface area contributed by atoms with Crippen LogP contribution in [-0.2, 0) is 0 Å². The van der Waals surface area contributed by atoms with Crippen LogP contribution in [0.25, 0.3) is 0 Å². The molecule has 0 unspecified atom stereocenters. The smallest absolute Gasteiger partial charge is 0.311 e. The molecule has 3 heterocycles. The minimum Gasteiger partial charge on any atom is -0.502 e. The van der Waals surface area contributed by atoms with Crippen molar-refractivity contribution in [2.45, 2.75) is 38.5 Å². The highest BCUT2D eigenvalue weighted by atomic mass is 16.6. The zero-order chi connectivity index (χ0) is 21.6. The Balaban J connectivity index is 1.55. The summed E-state index contributed by atoms with van der Waals surface area (Å²) in [6.45, 7) is 3.68. The van der Waals surface area contributed by atoms with Crippen molar-refractivity contribution >= 4 is 29.7 Å². The fourth-order valence-electron chi connectivity index (χ4n) is 3.81. The SMILES string of the molecule is O=[N+]([O-])c1cc(/C=N\Nc2nc(N3CCCCC3)nc(N3CCCCC3)n2)ccc1O. The first kappa shape index (κ1) is 20.8. The summed E-state index contributed by atoms with van der Waals surface area (Å²) in [5.41, 5.74) is 2.94. The monoisotopic (exact) mass is 426 g/mol. The maximum Gasteiger partial charge on any atom is 0.311 e. The molecule has 2 aromatic rings. The summed E-state index contributed by atoms with van der Waals surface area (Å²) in [5.74, 6) is 1.24. The number of nitrogens with zero attached hydrogens (tertiary/aromatic N) is 7. The number of hydrogen-bond acceptors (Lipinski definition) is 10. The summed E-state index contributed by atoms with van der Waals surface area (Å²) >= 11 is 0. The fourth-order valence-corrected chi connectivity index (χ4v) is 3.81. The Bertz CT molecular complexity index is 919. The van der Waals surface area contributed by atoms with Crippen molar-refractivity contribution in [2.24, 2.45) is 5.10 Å². The van der Waals surface area contributed by atoms with E-state index in [0.717, 1.165) is 51.9 Å². The average Bonchev–Trinajstić information content (AvgIpc) is 2.81. The van der Waals surface area contributed by atoms with Crippen LogP contribution >= 0.6 is 0 Å². The number of hydrazone groups is 1. The first-order valence-electron chi connectivity index (χ1n) is 10.6. The molecule has 0 aliphatic carbocycles. The number of anilines is 3. The van der Waals surface area contributed by atoms with Gasteiger partial charge in [-0.05, 0) is 50.7 Å². The number of aromatic nitrogens is 3. The highest BCUT2D eigenvalue weighted by Gasteiger charge is 2.20. The number of benzene rings is 1. The van der Waals surface area contributed by atoms with Crippen LogP contribution < -0.4 is 15.2 Å². The molecule has 4 rings (SSSR count). The van der Waals surface area contributed by atoms with Crippen LogP contribution in [0.2, 0.25) is 0 Å². The lowest BCUT2D eigenvalue weighted by Crippen LogP contribution is -2.34. The van der Waals surface area contributed by atoms with Crippen LogP contribution in [0.3, 0.4) is 0 Å². The number of phenolic OH excluding ortho intramolecular Hbond substituents is 1. The fraction of sp³-hybridized carbons (Fsp3) is 0.500. The molecule has 0 spiro atoms. The van der Waals surface area contributed by atoms with E-state index in [4.69, 9.17) is 4.98 Å². The third-order valence-electron chi connectivity index (χ3n) is 5.46. The van der Waals surface area contributed by atoms with Gasteiger partial charge in [0.15, 0.2) is 5.75 Å². The summed E-state index contributed by atoms with van der Waals surface area (Å²) in [7, 11) is 0. The molecule has 11 heteroatoms. The highest BCUT2D eigenvalue weighted by molar-refractivity contribution is 5.81. The number of nitro groups is 1. The minimum absolute atomic E-state index is 0.334. The van der Waals surface area contributed by atoms with Gasteiger partial charge in [-0.15, -0.1) is 0 Å². The molecular weight excluding hydrogens is 400 g/mol. The maximum absolute atomic E-state index is 11.0. The van der Waals surface area contributed by atoms with Crippen LogP contribution in [0.4, 0.5) is 23.5 Å². The van der Waals surface area contributed by atoms with Crippen molar-refractivity contribution in [3.63, 3.8) is 0 Å². The molecule has 0 amide bonds. The Morgan fingerprint density at radius 1 is 0.968 bits per heavy atom. The van der Waals surface area contributed by atoms with E-state index in [-0.39, 0.29) is 11.4 Å². The van der Waals surface area contributed by atoms with E-state index in [2.05, 4.69) is 30.3 Å². The minimum atomic E-state index is -0.637. The molecule has 0 radical (unpaired) electrons. The number of nitrogens with one attached hydrogen (secondary N) is 1. The van der Waals surface area contributed by atoms with Gasteiger partial charge >= 0.3 is 5.69 Å². The second-order valence-corrected chi connectivity index (χ2v) is 7.73. The van der Waals surface area contributed by atoms with Crippen LogP contribution in [0, 0.1) is 10.1 Å². The van der Waals surface area contributed by atoms with Crippen LogP contribution in [0.15, 0.2) is 23.3 Å². The van der Waals surface area contributed by atoms with Gasteiger partial charge in [-0.25, -0.2) is 5.43 Å². The summed E-state index contributed by atoms with van der Waals surface area (Å²) in [4.78, 5) is 28.5. The van der Waals surface area contributed by atoms with Crippen LogP contribution in [-0.4, -0.2) is 57.4 Å². The normalized spacial score (nSPS) is 17.2. The summed E-state index contributed by atoms with van der Waals surface area (Å²) in [6, 6.07) is 4.07. The molecule has 2 aliphatic heterocycles. The van der Waals surface area contributed by atoms with Gasteiger partial charge in [0.25, 0.3) is 0 Å². The van der Waals surface area contributed by atoms with Gasteiger partial charge in [0, 0.05) is 37.8 Å². The lowest BCUT2D eigenvalue weighted by Gasteiger charge is -2.30. The second-order valence-electron chi connectivity index (χ2n) is 7.73. The molecule has 1 aromatic carbocycles. The molecule has 31 heavy (non-hydrogen) atoms. The molecule has 2 N–H and O–H groups in total. The Labute approximate surface area is 180 Å². The topological polar surface area (TPSA) is 133 Å². The first-order chi connectivity index (χ1) is 15.1. The molecule has 2 fully saturated rings. The van der Waals surface area contributed by atoms with Gasteiger partial charge in [-0.2, -0.15) is 20.1 Å². The van der Waals surface area contributed by atoms with Crippen molar-refractivity contribution < 1.29 is 10.0 Å². The zero-order valence-corrected chi connectivity index (χ0v) is 17.3. The van der Waals surface area contributed by atoms with Crippen molar-refractivity contribution in [3.8, 4) is 5.75 Å². The number of nitro benzene ring substituents is 1. The van der Waals surface area contributed by atoms with Gasteiger partial charge in [0.05, 0.1) is 11.1 Å². The first-order valence-corrected chi connectivity index (χ1v) is 10.6. The molecule has 0 bridgehead atoms. The van der Waals surface area contributed by atoms with Crippen molar-refractivity contribution in [1.82, 2.24) is 15.0 Å². The highest BCUT2D eigenvalue weighted by Crippen LogP contribution is 2.26. The van der Waals surface area contributed by atoms with Gasteiger partial charge in [0.1, 0.15) is 0 Å². The number of piperidine rings is 2. The lowest BCUT2D eigenvalue weighted by atomic mass is 10.1. The summed E-state index contributed by atoms with van der Waals surface area (Å²) in [5, 5.41) is 24.7. The quantitative estimate of drug-likeness (QED) is 0.406. The van der Waals surface area contributed by atoms with Crippen molar-refractivity contribution in [1.29, 1.82) is 0 Å². The Morgan fingerprint density at radius 3 is 2.10 bits per heavy atom. The lowest BCUT2D eigenvalue weighted by molar-refractivity contribution is -0.385. The van der Waals surface area contributed by atoms with E-state index in [1.165, 1.54) is 31.2 Å².